The Hall–Kier alpha value is -1.72. The molecular formula is C13H23N3O3. The van der Waals surface area contributed by atoms with Crippen molar-refractivity contribution in [3.8, 4) is 0 Å². The number of allylic oxidation sites excluding steroid dienone is 1. The van der Waals surface area contributed by atoms with Crippen LogP contribution in [-0.4, -0.2) is 55.2 Å². The van der Waals surface area contributed by atoms with Crippen molar-refractivity contribution in [1.29, 1.82) is 0 Å². The quantitative estimate of drug-likeness (QED) is 0.787. The molecule has 1 N–H and O–H groups in total. The second-order valence-electron chi connectivity index (χ2n) is 5.59. The van der Waals surface area contributed by atoms with E-state index in [1.165, 1.54) is 7.11 Å². The van der Waals surface area contributed by atoms with Gasteiger partial charge in [-0.2, -0.15) is 0 Å². The van der Waals surface area contributed by atoms with Crippen LogP contribution < -0.4 is 5.32 Å². The largest absolute Gasteiger partial charge is 0.453 e. The third-order valence-electron chi connectivity index (χ3n) is 2.79. The SMILES string of the molecule is COC(=O)N1CCN(C(=O)N/C=C/C(C)(C)C)CC1. The molecule has 0 aromatic rings. The van der Waals surface area contributed by atoms with Crippen LogP contribution in [0.1, 0.15) is 20.8 Å². The summed E-state index contributed by atoms with van der Waals surface area (Å²) in [6.45, 7) is 8.22. The average molecular weight is 269 g/mol. The molecule has 108 valence electrons. The number of ether oxygens (including phenoxy) is 1. The van der Waals surface area contributed by atoms with E-state index in [0.29, 0.717) is 26.2 Å². The third-order valence-corrected chi connectivity index (χ3v) is 2.79. The molecule has 0 saturated carbocycles. The lowest BCUT2D eigenvalue weighted by Gasteiger charge is -2.33. The van der Waals surface area contributed by atoms with E-state index in [4.69, 9.17) is 0 Å². The van der Waals surface area contributed by atoms with E-state index in [1.807, 2.05) is 6.08 Å². The van der Waals surface area contributed by atoms with E-state index in [-0.39, 0.29) is 17.5 Å². The first kappa shape index (κ1) is 15.3. The van der Waals surface area contributed by atoms with Gasteiger partial charge in [-0.3, -0.25) is 0 Å². The van der Waals surface area contributed by atoms with Crippen molar-refractivity contribution in [2.45, 2.75) is 20.8 Å². The molecule has 1 heterocycles. The molecule has 3 amide bonds. The fraction of sp³-hybridized carbons (Fsp3) is 0.692. The monoisotopic (exact) mass is 269 g/mol. The summed E-state index contributed by atoms with van der Waals surface area (Å²) in [4.78, 5) is 26.4. The van der Waals surface area contributed by atoms with Crippen LogP contribution in [0, 0.1) is 5.41 Å². The number of nitrogens with one attached hydrogen (secondary N) is 1. The molecule has 0 spiro atoms. The van der Waals surface area contributed by atoms with Crippen molar-refractivity contribution in [2.75, 3.05) is 33.3 Å². The minimum atomic E-state index is -0.340. The summed E-state index contributed by atoms with van der Waals surface area (Å²) < 4.78 is 4.64. The molecular weight excluding hydrogens is 246 g/mol. The number of urea groups is 1. The molecule has 0 aromatic heterocycles. The number of nitrogens with zero attached hydrogens (tertiary/aromatic N) is 2. The Kier molecular flexibility index (Phi) is 5.20. The number of hydrogen-bond donors (Lipinski definition) is 1. The summed E-state index contributed by atoms with van der Waals surface area (Å²) in [6.07, 6.45) is 3.28. The molecule has 0 bridgehead atoms. The number of carbonyl (C=O) groups excluding carboxylic acids is 2. The van der Waals surface area contributed by atoms with Crippen molar-refractivity contribution in [3.05, 3.63) is 12.3 Å². The maximum Gasteiger partial charge on any atom is 0.409 e. The molecule has 1 saturated heterocycles. The Morgan fingerprint density at radius 1 is 1.11 bits per heavy atom. The highest BCUT2D eigenvalue weighted by Gasteiger charge is 2.23. The summed E-state index contributed by atoms with van der Waals surface area (Å²) in [5, 5.41) is 2.74. The third kappa shape index (κ3) is 5.19. The van der Waals surface area contributed by atoms with E-state index in [9.17, 15) is 9.59 Å². The molecule has 1 aliphatic heterocycles. The molecule has 0 aromatic carbocycles. The maximum absolute atomic E-state index is 11.9. The van der Waals surface area contributed by atoms with Gasteiger partial charge >= 0.3 is 12.1 Å². The van der Waals surface area contributed by atoms with Gasteiger partial charge in [0.2, 0.25) is 0 Å². The van der Waals surface area contributed by atoms with Gasteiger partial charge in [0.1, 0.15) is 0 Å². The molecule has 0 unspecified atom stereocenters. The first-order valence-corrected chi connectivity index (χ1v) is 6.39. The molecule has 0 radical (unpaired) electrons. The molecule has 1 rings (SSSR count). The van der Waals surface area contributed by atoms with Gasteiger partial charge in [-0.05, 0) is 5.41 Å². The highest BCUT2D eigenvalue weighted by Crippen LogP contribution is 2.13. The summed E-state index contributed by atoms with van der Waals surface area (Å²) in [5.41, 5.74) is 0.0386. The molecule has 6 nitrogen and oxygen atoms in total. The second kappa shape index (κ2) is 6.45. The van der Waals surface area contributed by atoms with Crippen molar-refractivity contribution in [1.82, 2.24) is 15.1 Å². The van der Waals surface area contributed by atoms with E-state index in [2.05, 4.69) is 30.8 Å². The van der Waals surface area contributed by atoms with E-state index in [1.54, 1.807) is 16.0 Å². The minimum Gasteiger partial charge on any atom is -0.453 e. The summed E-state index contributed by atoms with van der Waals surface area (Å²) in [5.74, 6) is 0. The van der Waals surface area contributed by atoms with Crippen LogP contribution in [0.4, 0.5) is 9.59 Å². The van der Waals surface area contributed by atoms with Crippen LogP contribution in [0.5, 0.6) is 0 Å². The number of carbonyl (C=O) groups is 2. The Balaban J connectivity index is 2.37. The van der Waals surface area contributed by atoms with Gasteiger partial charge in [0.25, 0.3) is 0 Å². The Labute approximate surface area is 114 Å². The number of rotatable bonds is 1. The summed E-state index contributed by atoms with van der Waals surface area (Å²) in [6, 6.07) is -0.134. The van der Waals surface area contributed by atoms with Crippen LogP contribution in [-0.2, 0) is 4.74 Å². The van der Waals surface area contributed by atoms with Gasteiger partial charge in [0.15, 0.2) is 0 Å². The summed E-state index contributed by atoms with van der Waals surface area (Å²) >= 11 is 0. The average Bonchev–Trinajstić information content (AvgIpc) is 2.36. The highest BCUT2D eigenvalue weighted by molar-refractivity contribution is 5.75. The highest BCUT2D eigenvalue weighted by atomic mass is 16.5. The molecule has 0 atom stereocenters. The Morgan fingerprint density at radius 2 is 1.63 bits per heavy atom. The Bertz CT molecular complexity index is 353. The van der Waals surface area contributed by atoms with Gasteiger partial charge in [0, 0.05) is 32.4 Å². The maximum atomic E-state index is 11.9. The van der Waals surface area contributed by atoms with Gasteiger partial charge in [0.05, 0.1) is 7.11 Å². The van der Waals surface area contributed by atoms with Gasteiger partial charge in [-0.25, -0.2) is 9.59 Å². The Morgan fingerprint density at radius 3 is 2.11 bits per heavy atom. The molecule has 6 heteroatoms. The zero-order valence-corrected chi connectivity index (χ0v) is 12.1. The normalized spacial score (nSPS) is 16.6. The van der Waals surface area contributed by atoms with Crippen LogP contribution >= 0.6 is 0 Å². The van der Waals surface area contributed by atoms with Crippen LogP contribution in [0.3, 0.4) is 0 Å². The number of hydrogen-bond acceptors (Lipinski definition) is 3. The molecule has 19 heavy (non-hydrogen) atoms. The van der Waals surface area contributed by atoms with Gasteiger partial charge in [-0.1, -0.05) is 26.8 Å². The van der Waals surface area contributed by atoms with Gasteiger partial charge in [-0.15, -0.1) is 0 Å². The van der Waals surface area contributed by atoms with Crippen molar-refractivity contribution in [2.24, 2.45) is 5.41 Å². The van der Waals surface area contributed by atoms with Crippen LogP contribution in [0.25, 0.3) is 0 Å². The van der Waals surface area contributed by atoms with Crippen LogP contribution in [0.15, 0.2) is 12.3 Å². The molecule has 1 aliphatic rings. The lowest BCUT2D eigenvalue weighted by molar-refractivity contribution is 0.0976. The lowest BCUT2D eigenvalue weighted by atomic mass is 9.97. The smallest absolute Gasteiger partial charge is 0.409 e. The zero-order chi connectivity index (χ0) is 14.5. The minimum absolute atomic E-state index is 0.0386. The van der Waals surface area contributed by atoms with Crippen molar-refractivity contribution >= 4 is 12.1 Å². The lowest BCUT2D eigenvalue weighted by Crippen LogP contribution is -2.52. The van der Waals surface area contributed by atoms with E-state index >= 15 is 0 Å². The number of piperazine rings is 1. The fourth-order valence-corrected chi connectivity index (χ4v) is 1.68. The summed E-state index contributed by atoms with van der Waals surface area (Å²) in [7, 11) is 1.36. The van der Waals surface area contributed by atoms with E-state index in [0.717, 1.165) is 0 Å². The van der Waals surface area contributed by atoms with Crippen LogP contribution in [0.2, 0.25) is 0 Å². The first-order valence-electron chi connectivity index (χ1n) is 6.39. The standard InChI is InChI=1S/C13H23N3O3/c1-13(2,3)5-6-14-11(17)15-7-9-16(10-8-15)12(18)19-4/h5-6H,7-10H2,1-4H3,(H,14,17)/b6-5+. The van der Waals surface area contributed by atoms with Crippen molar-refractivity contribution < 1.29 is 14.3 Å². The van der Waals surface area contributed by atoms with Crippen molar-refractivity contribution in [3.63, 3.8) is 0 Å². The van der Waals surface area contributed by atoms with E-state index < -0.39 is 0 Å². The number of amides is 3. The predicted octanol–water partition coefficient (Wildman–Crippen LogP) is 1.64. The first-order chi connectivity index (χ1) is 8.83. The molecule has 1 fully saturated rings. The molecule has 0 aliphatic carbocycles. The fourth-order valence-electron chi connectivity index (χ4n) is 1.68. The zero-order valence-electron chi connectivity index (χ0n) is 12.1. The number of methoxy groups -OCH3 is 1. The second-order valence-corrected chi connectivity index (χ2v) is 5.59. The topological polar surface area (TPSA) is 61.9 Å². The van der Waals surface area contributed by atoms with Gasteiger partial charge < -0.3 is 19.9 Å². The predicted molar refractivity (Wildman–Crippen MR) is 72.7 cm³/mol.